The van der Waals surface area contributed by atoms with E-state index in [9.17, 15) is 4.79 Å². The van der Waals surface area contributed by atoms with Crippen molar-refractivity contribution in [3.05, 3.63) is 64.1 Å². The summed E-state index contributed by atoms with van der Waals surface area (Å²) in [7, 11) is 0. The Bertz CT molecular complexity index is 638. The summed E-state index contributed by atoms with van der Waals surface area (Å²) in [4.78, 5) is 14.3. The fourth-order valence-corrected chi connectivity index (χ4v) is 2.62. The molecular weight excluding hydrogens is 342 g/mol. The van der Waals surface area contributed by atoms with E-state index in [2.05, 4.69) is 15.9 Å². The van der Waals surface area contributed by atoms with Gasteiger partial charge >= 0.3 is 0 Å². The first-order chi connectivity index (χ1) is 10.7. The van der Waals surface area contributed by atoms with Gasteiger partial charge in [0, 0.05) is 23.1 Å². The maximum Gasteiger partial charge on any atom is 0.257 e. The van der Waals surface area contributed by atoms with Crippen molar-refractivity contribution >= 4 is 21.8 Å². The summed E-state index contributed by atoms with van der Waals surface area (Å²) in [6.45, 7) is 5.75. The highest BCUT2D eigenvalue weighted by Crippen LogP contribution is 2.23. The van der Waals surface area contributed by atoms with Crippen LogP contribution in [0.3, 0.4) is 0 Å². The molecule has 0 unspecified atom stereocenters. The Hall–Kier alpha value is -1.81. The summed E-state index contributed by atoms with van der Waals surface area (Å²) in [6, 6.07) is 15.3. The van der Waals surface area contributed by atoms with Crippen LogP contribution in [-0.4, -0.2) is 23.9 Å². The number of carbonyl (C=O) groups is 1. The van der Waals surface area contributed by atoms with E-state index in [1.54, 1.807) is 4.90 Å². The monoisotopic (exact) mass is 361 g/mol. The minimum atomic E-state index is 0.00715. The van der Waals surface area contributed by atoms with Crippen LogP contribution >= 0.6 is 15.9 Å². The van der Waals surface area contributed by atoms with Crippen LogP contribution in [0.4, 0.5) is 0 Å². The Balaban J connectivity index is 2.18. The Morgan fingerprint density at radius 1 is 1.05 bits per heavy atom. The highest BCUT2D eigenvalue weighted by Gasteiger charge is 2.17. The van der Waals surface area contributed by atoms with Crippen LogP contribution < -0.4 is 4.74 Å². The van der Waals surface area contributed by atoms with Gasteiger partial charge in [-0.3, -0.25) is 4.79 Å². The van der Waals surface area contributed by atoms with E-state index < -0.39 is 0 Å². The number of hydrogen-bond acceptors (Lipinski definition) is 2. The molecule has 1 amide bonds. The van der Waals surface area contributed by atoms with Gasteiger partial charge in [0.05, 0.1) is 5.56 Å². The standard InChI is InChI=1S/C18H20BrNO2/c1-3-20(4-2)18(21)15-10-6-8-12-17(15)22-13-14-9-5-7-11-16(14)19/h5-12H,3-4,13H2,1-2H3. The number of halogens is 1. The maximum absolute atomic E-state index is 12.5. The van der Waals surface area contributed by atoms with Gasteiger partial charge < -0.3 is 9.64 Å². The Morgan fingerprint density at radius 3 is 2.36 bits per heavy atom. The van der Waals surface area contributed by atoms with Crippen molar-refractivity contribution in [2.45, 2.75) is 20.5 Å². The summed E-state index contributed by atoms with van der Waals surface area (Å²) in [5, 5.41) is 0. The van der Waals surface area contributed by atoms with Crippen LogP contribution in [0.1, 0.15) is 29.8 Å². The number of benzene rings is 2. The number of rotatable bonds is 6. The zero-order valence-electron chi connectivity index (χ0n) is 12.9. The van der Waals surface area contributed by atoms with Crippen molar-refractivity contribution in [3.63, 3.8) is 0 Å². The molecule has 2 rings (SSSR count). The molecule has 3 nitrogen and oxygen atoms in total. The summed E-state index contributed by atoms with van der Waals surface area (Å²) in [5.41, 5.74) is 1.66. The molecule has 0 aliphatic heterocycles. The van der Waals surface area contributed by atoms with Crippen molar-refractivity contribution < 1.29 is 9.53 Å². The molecule has 0 aliphatic rings. The third kappa shape index (κ3) is 3.89. The van der Waals surface area contributed by atoms with E-state index >= 15 is 0 Å². The van der Waals surface area contributed by atoms with Crippen molar-refractivity contribution in [1.29, 1.82) is 0 Å². The van der Waals surface area contributed by atoms with E-state index in [1.165, 1.54) is 0 Å². The van der Waals surface area contributed by atoms with Gasteiger partial charge in [0.1, 0.15) is 12.4 Å². The molecule has 2 aromatic rings. The quantitative estimate of drug-likeness (QED) is 0.757. The maximum atomic E-state index is 12.5. The van der Waals surface area contributed by atoms with E-state index in [4.69, 9.17) is 4.74 Å². The number of hydrogen-bond donors (Lipinski definition) is 0. The zero-order valence-corrected chi connectivity index (χ0v) is 14.5. The SMILES string of the molecule is CCN(CC)C(=O)c1ccccc1OCc1ccccc1Br. The lowest BCUT2D eigenvalue weighted by Crippen LogP contribution is -2.30. The fourth-order valence-electron chi connectivity index (χ4n) is 2.22. The fraction of sp³-hybridized carbons (Fsp3) is 0.278. The molecule has 0 bridgehead atoms. The smallest absolute Gasteiger partial charge is 0.257 e. The van der Waals surface area contributed by atoms with Crippen LogP contribution in [-0.2, 0) is 6.61 Å². The van der Waals surface area contributed by atoms with Crippen molar-refractivity contribution in [1.82, 2.24) is 4.90 Å². The second kappa shape index (κ2) is 7.99. The van der Waals surface area contributed by atoms with Crippen LogP contribution in [0.15, 0.2) is 53.0 Å². The third-order valence-corrected chi connectivity index (χ3v) is 4.28. The molecule has 116 valence electrons. The molecule has 0 heterocycles. The van der Waals surface area contributed by atoms with Crippen LogP contribution in [0.25, 0.3) is 0 Å². The first kappa shape index (κ1) is 16.6. The highest BCUT2D eigenvalue weighted by molar-refractivity contribution is 9.10. The third-order valence-electron chi connectivity index (χ3n) is 3.51. The molecule has 4 heteroatoms. The molecule has 22 heavy (non-hydrogen) atoms. The van der Waals surface area contributed by atoms with E-state index in [0.29, 0.717) is 31.0 Å². The Morgan fingerprint density at radius 2 is 1.68 bits per heavy atom. The summed E-state index contributed by atoms with van der Waals surface area (Å²) >= 11 is 3.51. The highest BCUT2D eigenvalue weighted by atomic mass is 79.9. The average Bonchev–Trinajstić information content (AvgIpc) is 2.55. The normalized spacial score (nSPS) is 10.3. The largest absolute Gasteiger partial charge is 0.488 e. The molecule has 0 saturated carbocycles. The number of nitrogens with zero attached hydrogens (tertiary/aromatic N) is 1. The average molecular weight is 362 g/mol. The molecule has 2 aromatic carbocycles. The second-order valence-electron chi connectivity index (χ2n) is 4.85. The first-order valence-corrected chi connectivity index (χ1v) is 8.21. The predicted molar refractivity (Wildman–Crippen MR) is 92.2 cm³/mol. The lowest BCUT2D eigenvalue weighted by atomic mass is 10.1. The Labute approximate surface area is 140 Å². The van der Waals surface area contributed by atoms with E-state index in [0.717, 1.165) is 10.0 Å². The van der Waals surface area contributed by atoms with Crippen molar-refractivity contribution in [2.24, 2.45) is 0 Å². The summed E-state index contributed by atoms with van der Waals surface area (Å²) < 4.78 is 6.89. The summed E-state index contributed by atoms with van der Waals surface area (Å²) in [5.74, 6) is 0.628. The molecule has 0 aromatic heterocycles. The van der Waals surface area contributed by atoms with E-state index in [1.807, 2.05) is 62.4 Å². The minimum Gasteiger partial charge on any atom is -0.488 e. The molecule has 0 aliphatic carbocycles. The van der Waals surface area contributed by atoms with Gasteiger partial charge in [-0.15, -0.1) is 0 Å². The zero-order chi connectivity index (χ0) is 15.9. The van der Waals surface area contributed by atoms with Crippen molar-refractivity contribution in [2.75, 3.05) is 13.1 Å². The molecule has 0 atom stereocenters. The predicted octanol–water partition coefficient (Wildman–Crippen LogP) is 4.51. The lowest BCUT2D eigenvalue weighted by molar-refractivity contribution is 0.0768. The van der Waals surface area contributed by atoms with Gasteiger partial charge in [-0.1, -0.05) is 46.3 Å². The molecule has 0 N–H and O–H groups in total. The molecule has 0 fully saturated rings. The van der Waals surface area contributed by atoms with Gasteiger partial charge in [-0.25, -0.2) is 0 Å². The van der Waals surface area contributed by atoms with Crippen LogP contribution in [0.2, 0.25) is 0 Å². The number of amides is 1. The molecular formula is C18H20BrNO2. The number of para-hydroxylation sites is 1. The Kier molecular flexibility index (Phi) is 6.01. The topological polar surface area (TPSA) is 29.5 Å². The first-order valence-electron chi connectivity index (χ1n) is 7.41. The second-order valence-corrected chi connectivity index (χ2v) is 5.71. The van der Waals surface area contributed by atoms with Gasteiger partial charge in [0.15, 0.2) is 0 Å². The lowest BCUT2D eigenvalue weighted by Gasteiger charge is -2.20. The van der Waals surface area contributed by atoms with Gasteiger partial charge in [0.25, 0.3) is 5.91 Å². The molecule has 0 spiro atoms. The van der Waals surface area contributed by atoms with E-state index in [-0.39, 0.29) is 5.91 Å². The van der Waals surface area contributed by atoms with Crippen molar-refractivity contribution in [3.8, 4) is 5.75 Å². The van der Waals surface area contributed by atoms with Gasteiger partial charge in [-0.05, 0) is 32.0 Å². The number of carbonyl (C=O) groups excluding carboxylic acids is 1. The van der Waals surface area contributed by atoms with Gasteiger partial charge in [0.2, 0.25) is 0 Å². The summed E-state index contributed by atoms with van der Waals surface area (Å²) in [6.07, 6.45) is 0. The molecule has 0 saturated heterocycles. The van der Waals surface area contributed by atoms with Crippen LogP contribution in [0.5, 0.6) is 5.75 Å². The number of ether oxygens (including phenoxy) is 1. The molecule has 0 radical (unpaired) electrons. The minimum absolute atomic E-state index is 0.00715. The van der Waals surface area contributed by atoms with Gasteiger partial charge in [-0.2, -0.15) is 0 Å². The van der Waals surface area contributed by atoms with Crippen LogP contribution in [0, 0.1) is 0 Å².